The largest absolute Gasteiger partial charge is 0.362 e. The van der Waals surface area contributed by atoms with Crippen molar-refractivity contribution in [3.05, 3.63) is 36.7 Å². The third kappa shape index (κ3) is 7.27. The lowest BCUT2D eigenvalue weighted by Crippen LogP contribution is -2.45. The van der Waals surface area contributed by atoms with Gasteiger partial charge >= 0.3 is 0 Å². The van der Waals surface area contributed by atoms with Crippen LogP contribution in [-0.2, 0) is 9.59 Å². The van der Waals surface area contributed by atoms with E-state index >= 15 is 0 Å². The number of hydrogen-bond acceptors (Lipinski definition) is 3. The second kappa shape index (κ2) is 8.11. The third-order valence-electron chi connectivity index (χ3n) is 2.03. The first-order chi connectivity index (χ1) is 8.36. The molecule has 0 heterocycles. The van der Waals surface area contributed by atoms with Gasteiger partial charge in [-0.15, -0.1) is 0 Å². The van der Waals surface area contributed by atoms with E-state index in [0.717, 1.165) is 5.70 Å². The molecule has 0 aromatic rings. The average molecular weight is 251 g/mol. The van der Waals surface area contributed by atoms with Crippen molar-refractivity contribution in [3.8, 4) is 0 Å². The fourth-order valence-electron chi connectivity index (χ4n) is 1.26. The molecule has 2 amide bonds. The maximum absolute atomic E-state index is 11.6. The summed E-state index contributed by atoms with van der Waals surface area (Å²) in [5.74, 6) is -0.488. The fraction of sp³-hybridized carbons (Fsp3) is 0.385. The van der Waals surface area contributed by atoms with Crippen molar-refractivity contribution in [1.82, 2.24) is 16.0 Å². The minimum Gasteiger partial charge on any atom is -0.362 e. The summed E-state index contributed by atoms with van der Waals surface area (Å²) < 4.78 is 0. The maximum Gasteiger partial charge on any atom is 0.242 e. The molecular weight excluding hydrogens is 230 g/mol. The van der Waals surface area contributed by atoms with Gasteiger partial charge in [0.15, 0.2) is 0 Å². The Kier molecular flexibility index (Phi) is 7.19. The van der Waals surface area contributed by atoms with Gasteiger partial charge in [-0.3, -0.25) is 9.59 Å². The Hall–Kier alpha value is -2.04. The van der Waals surface area contributed by atoms with Crippen molar-refractivity contribution >= 4 is 11.8 Å². The van der Waals surface area contributed by atoms with Crippen LogP contribution in [0.4, 0.5) is 0 Å². The van der Waals surface area contributed by atoms with Crippen molar-refractivity contribution in [2.75, 3.05) is 6.54 Å². The van der Waals surface area contributed by atoms with Crippen LogP contribution >= 0.6 is 0 Å². The SMILES string of the molecule is C=C/C=C(\C)NC(=C)CNC(=O)C(C)NC(C)=O. The van der Waals surface area contributed by atoms with Crippen LogP contribution in [0.3, 0.4) is 0 Å². The summed E-state index contributed by atoms with van der Waals surface area (Å²) in [5.41, 5.74) is 1.55. The zero-order valence-corrected chi connectivity index (χ0v) is 11.2. The Morgan fingerprint density at radius 1 is 1.33 bits per heavy atom. The number of carbonyl (C=O) groups excluding carboxylic acids is 2. The molecule has 0 aliphatic carbocycles. The van der Waals surface area contributed by atoms with Crippen LogP contribution < -0.4 is 16.0 Å². The zero-order chi connectivity index (χ0) is 14.1. The van der Waals surface area contributed by atoms with Gasteiger partial charge in [0.05, 0.1) is 6.54 Å². The summed E-state index contributed by atoms with van der Waals surface area (Å²) in [4.78, 5) is 22.3. The highest BCUT2D eigenvalue weighted by Gasteiger charge is 2.12. The molecule has 5 nitrogen and oxygen atoms in total. The normalized spacial score (nSPS) is 12.3. The average Bonchev–Trinajstić information content (AvgIpc) is 2.25. The highest BCUT2D eigenvalue weighted by atomic mass is 16.2. The van der Waals surface area contributed by atoms with Crippen LogP contribution in [0.5, 0.6) is 0 Å². The van der Waals surface area contributed by atoms with Crippen LogP contribution in [0.1, 0.15) is 20.8 Å². The minimum absolute atomic E-state index is 0.237. The second-order valence-electron chi connectivity index (χ2n) is 3.95. The molecule has 5 heteroatoms. The van der Waals surface area contributed by atoms with E-state index < -0.39 is 6.04 Å². The molecule has 0 rings (SSSR count). The lowest BCUT2D eigenvalue weighted by atomic mass is 10.3. The number of amides is 2. The van der Waals surface area contributed by atoms with Crippen LogP contribution in [0.15, 0.2) is 36.7 Å². The van der Waals surface area contributed by atoms with E-state index in [-0.39, 0.29) is 11.8 Å². The summed E-state index contributed by atoms with van der Waals surface area (Å²) in [5, 5.41) is 8.18. The molecule has 0 aromatic carbocycles. The molecule has 0 saturated heterocycles. The predicted octanol–water partition coefficient (Wildman–Crippen LogP) is 0.820. The summed E-state index contributed by atoms with van der Waals surface area (Å²) in [7, 11) is 0. The molecule has 18 heavy (non-hydrogen) atoms. The molecule has 0 aliphatic rings. The molecule has 3 N–H and O–H groups in total. The van der Waals surface area contributed by atoms with Gasteiger partial charge in [0.25, 0.3) is 0 Å². The summed E-state index contributed by atoms with van der Waals surface area (Å²) in [6.07, 6.45) is 3.46. The number of rotatable bonds is 7. The van der Waals surface area contributed by atoms with Crippen molar-refractivity contribution in [3.63, 3.8) is 0 Å². The van der Waals surface area contributed by atoms with Gasteiger partial charge in [-0.2, -0.15) is 0 Å². The third-order valence-corrected chi connectivity index (χ3v) is 2.03. The molecular formula is C13H21N3O2. The zero-order valence-electron chi connectivity index (χ0n) is 11.2. The van der Waals surface area contributed by atoms with E-state index in [2.05, 4.69) is 29.1 Å². The second-order valence-corrected chi connectivity index (χ2v) is 3.95. The Labute approximate surface area is 108 Å². The van der Waals surface area contributed by atoms with Crippen molar-refractivity contribution in [2.24, 2.45) is 0 Å². The fourth-order valence-corrected chi connectivity index (χ4v) is 1.26. The summed E-state index contributed by atoms with van der Waals surface area (Å²) in [6, 6.07) is -0.555. The molecule has 1 unspecified atom stereocenters. The standard InChI is InChI=1S/C13H21N3O2/c1-6-7-9(2)15-10(3)8-14-13(18)11(4)16-12(5)17/h6-7,11,15H,1,3,8H2,2,4-5H3,(H,14,18)(H,16,17)/b9-7+. The molecule has 100 valence electrons. The van der Waals surface area contributed by atoms with Crippen molar-refractivity contribution < 1.29 is 9.59 Å². The van der Waals surface area contributed by atoms with Gasteiger partial charge in [0.1, 0.15) is 6.04 Å². The van der Waals surface area contributed by atoms with Crippen LogP contribution in [0.2, 0.25) is 0 Å². The maximum atomic E-state index is 11.6. The van der Waals surface area contributed by atoms with Gasteiger partial charge in [-0.25, -0.2) is 0 Å². The number of nitrogens with one attached hydrogen (secondary N) is 3. The number of allylic oxidation sites excluding steroid dienone is 3. The van der Waals surface area contributed by atoms with Gasteiger partial charge in [0, 0.05) is 18.3 Å². The summed E-state index contributed by atoms with van der Waals surface area (Å²) in [6.45, 7) is 12.5. The molecule has 0 saturated carbocycles. The topological polar surface area (TPSA) is 70.2 Å². The first kappa shape index (κ1) is 16.0. The molecule has 0 aliphatic heterocycles. The first-order valence-electron chi connectivity index (χ1n) is 5.65. The quantitative estimate of drug-likeness (QED) is 0.587. The molecule has 0 aromatic heterocycles. The lowest BCUT2D eigenvalue weighted by Gasteiger charge is -2.14. The van der Waals surface area contributed by atoms with Crippen LogP contribution in [0, 0.1) is 0 Å². The van der Waals surface area contributed by atoms with Crippen molar-refractivity contribution in [2.45, 2.75) is 26.8 Å². The highest BCUT2D eigenvalue weighted by Crippen LogP contribution is 1.92. The van der Waals surface area contributed by atoms with Gasteiger partial charge in [-0.1, -0.05) is 19.2 Å². The lowest BCUT2D eigenvalue weighted by molar-refractivity contribution is -0.127. The van der Waals surface area contributed by atoms with Gasteiger partial charge < -0.3 is 16.0 Å². The number of carbonyl (C=O) groups is 2. The Morgan fingerprint density at radius 3 is 2.44 bits per heavy atom. The molecule has 1 atom stereocenters. The number of hydrogen-bond donors (Lipinski definition) is 3. The van der Waals surface area contributed by atoms with E-state index in [9.17, 15) is 9.59 Å². The predicted molar refractivity (Wildman–Crippen MR) is 72.5 cm³/mol. The Morgan fingerprint density at radius 2 is 1.94 bits per heavy atom. The van der Waals surface area contributed by atoms with Crippen LogP contribution in [0.25, 0.3) is 0 Å². The van der Waals surface area contributed by atoms with Crippen LogP contribution in [-0.4, -0.2) is 24.4 Å². The first-order valence-corrected chi connectivity index (χ1v) is 5.65. The van der Waals surface area contributed by atoms with E-state index in [4.69, 9.17) is 0 Å². The van der Waals surface area contributed by atoms with E-state index in [0.29, 0.717) is 12.2 Å². The van der Waals surface area contributed by atoms with E-state index in [1.165, 1.54) is 6.92 Å². The summed E-state index contributed by atoms with van der Waals surface area (Å²) >= 11 is 0. The van der Waals surface area contributed by atoms with E-state index in [1.54, 1.807) is 19.1 Å². The Bertz CT molecular complexity index is 372. The Balaban J connectivity index is 4.05. The molecule has 0 spiro atoms. The van der Waals surface area contributed by atoms with E-state index in [1.807, 2.05) is 6.92 Å². The van der Waals surface area contributed by atoms with Gasteiger partial charge in [0.2, 0.25) is 11.8 Å². The highest BCUT2D eigenvalue weighted by molar-refractivity contribution is 5.86. The van der Waals surface area contributed by atoms with Crippen molar-refractivity contribution in [1.29, 1.82) is 0 Å². The smallest absolute Gasteiger partial charge is 0.242 e. The molecule has 0 radical (unpaired) electrons. The molecule has 0 fully saturated rings. The monoisotopic (exact) mass is 251 g/mol. The molecule has 0 bridgehead atoms. The minimum atomic E-state index is -0.555. The van der Waals surface area contributed by atoms with Gasteiger partial charge in [-0.05, 0) is 19.9 Å².